The Morgan fingerprint density at radius 1 is 1.08 bits per heavy atom. The molecule has 1 amide bonds. The van der Waals surface area contributed by atoms with Crippen LogP contribution in [0.25, 0.3) is 0 Å². The van der Waals surface area contributed by atoms with Crippen molar-refractivity contribution in [3.63, 3.8) is 0 Å². The third kappa shape index (κ3) is 4.95. The normalized spacial score (nSPS) is 19.6. The van der Waals surface area contributed by atoms with Crippen LogP contribution in [0, 0.1) is 0 Å². The first-order chi connectivity index (χ1) is 11.8. The zero-order valence-corrected chi connectivity index (χ0v) is 16.0. The van der Waals surface area contributed by atoms with Crippen molar-refractivity contribution < 1.29 is 9.53 Å². The Labute approximate surface area is 151 Å². The van der Waals surface area contributed by atoms with Crippen LogP contribution in [0.5, 0.6) is 0 Å². The number of carbonyl (C=O) groups is 1. The molecule has 0 unspecified atom stereocenters. The van der Waals surface area contributed by atoms with Crippen molar-refractivity contribution in [3.8, 4) is 0 Å². The highest BCUT2D eigenvalue weighted by Gasteiger charge is 2.26. The highest BCUT2D eigenvalue weighted by molar-refractivity contribution is 5.68. The summed E-state index contributed by atoms with van der Waals surface area (Å²) in [5, 5.41) is 0. The Bertz CT molecular complexity index is 616. The molecule has 1 aromatic rings. The second-order valence-electron chi connectivity index (χ2n) is 8.33. The summed E-state index contributed by atoms with van der Waals surface area (Å²) in [6.07, 6.45) is 0.700. The summed E-state index contributed by atoms with van der Waals surface area (Å²) in [6, 6.07) is 6.78. The molecule has 5 nitrogen and oxygen atoms in total. The minimum Gasteiger partial charge on any atom is -0.444 e. The highest BCUT2D eigenvalue weighted by Crippen LogP contribution is 2.23. The number of benzene rings is 1. The molecule has 2 aliphatic heterocycles. The molecule has 0 N–H and O–H groups in total. The quantitative estimate of drug-likeness (QED) is 0.826. The van der Waals surface area contributed by atoms with Crippen LogP contribution >= 0.6 is 0 Å². The Hall–Kier alpha value is -1.59. The fourth-order valence-corrected chi connectivity index (χ4v) is 3.46. The van der Waals surface area contributed by atoms with E-state index in [2.05, 4.69) is 35.0 Å². The molecular weight excluding hydrogens is 314 g/mol. The lowest BCUT2D eigenvalue weighted by Gasteiger charge is -2.33. The first-order valence-electron chi connectivity index (χ1n) is 9.30. The molecule has 0 bridgehead atoms. The van der Waals surface area contributed by atoms with Crippen molar-refractivity contribution in [2.75, 3.05) is 39.8 Å². The number of fused-ring (bicyclic) bond motifs is 1. The molecule has 0 saturated carbocycles. The average molecular weight is 345 g/mol. The van der Waals surface area contributed by atoms with Gasteiger partial charge in [0.15, 0.2) is 0 Å². The number of hydrogen-bond acceptors (Lipinski definition) is 4. The summed E-state index contributed by atoms with van der Waals surface area (Å²) >= 11 is 0. The van der Waals surface area contributed by atoms with Gasteiger partial charge in [0.05, 0.1) is 0 Å². The maximum Gasteiger partial charge on any atom is 0.410 e. The lowest BCUT2D eigenvalue weighted by molar-refractivity contribution is 0.0224. The van der Waals surface area contributed by atoms with Gasteiger partial charge in [-0.1, -0.05) is 18.2 Å². The van der Waals surface area contributed by atoms with Gasteiger partial charge >= 0.3 is 6.09 Å². The Balaban J connectivity index is 1.64. The predicted molar refractivity (Wildman–Crippen MR) is 99.6 cm³/mol. The number of hydrogen-bond donors (Lipinski definition) is 0. The smallest absolute Gasteiger partial charge is 0.410 e. The first-order valence-corrected chi connectivity index (χ1v) is 9.30. The Kier molecular flexibility index (Phi) is 5.35. The summed E-state index contributed by atoms with van der Waals surface area (Å²) in [4.78, 5) is 19.1. The number of carbonyl (C=O) groups excluding carboxylic acids is 1. The maximum atomic E-state index is 12.3. The van der Waals surface area contributed by atoms with Crippen LogP contribution in [0.3, 0.4) is 0 Å². The lowest BCUT2D eigenvalue weighted by atomic mass is 9.97. The van der Waals surface area contributed by atoms with Crippen molar-refractivity contribution in [1.29, 1.82) is 0 Å². The molecule has 1 aromatic carbocycles. The third-order valence-electron chi connectivity index (χ3n) is 4.94. The van der Waals surface area contributed by atoms with Crippen molar-refractivity contribution in [2.45, 2.75) is 45.9 Å². The zero-order chi connectivity index (χ0) is 18.0. The molecule has 1 fully saturated rings. The second kappa shape index (κ2) is 7.34. The maximum absolute atomic E-state index is 12.3. The fraction of sp³-hybridized carbons (Fsp3) is 0.650. The van der Waals surface area contributed by atoms with Gasteiger partial charge in [-0.15, -0.1) is 0 Å². The van der Waals surface area contributed by atoms with E-state index in [1.165, 1.54) is 16.7 Å². The molecule has 2 aliphatic rings. The SMILES string of the molecule is CN1CCN(Cc2ccc3c(c2)CN(C(=O)OC(C)(C)C)CC3)CC1. The van der Waals surface area contributed by atoms with Crippen molar-refractivity contribution in [2.24, 2.45) is 0 Å². The van der Waals surface area contributed by atoms with Gasteiger partial charge in [0.2, 0.25) is 0 Å². The van der Waals surface area contributed by atoms with E-state index in [1.54, 1.807) is 0 Å². The standard InChI is InChI=1S/C20H31N3O2/c1-20(2,3)25-19(24)23-8-7-17-6-5-16(13-18(17)15-23)14-22-11-9-21(4)10-12-22/h5-6,13H,7-12,14-15H2,1-4H3. The third-order valence-corrected chi connectivity index (χ3v) is 4.94. The Morgan fingerprint density at radius 3 is 2.48 bits per heavy atom. The van der Waals surface area contributed by atoms with Gasteiger partial charge in [0, 0.05) is 45.8 Å². The summed E-state index contributed by atoms with van der Waals surface area (Å²) in [5.74, 6) is 0. The molecular formula is C20H31N3O2. The van der Waals surface area contributed by atoms with Crippen molar-refractivity contribution in [3.05, 3.63) is 34.9 Å². The van der Waals surface area contributed by atoms with Gasteiger partial charge in [-0.3, -0.25) is 4.90 Å². The predicted octanol–water partition coefficient (Wildman–Crippen LogP) is 2.73. The summed E-state index contributed by atoms with van der Waals surface area (Å²) in [5.41, 5.74) is 3.53. The summed E-state index contributed by atoms with van der Waals surface area (Å²) < 4.78 is 5.53. The monoisotopic (exact) mass is 345 g/mol. The van der Waals surface area contributed by atoms with Gasteiger partial charge < -0.3 is 14.5 Å². The summed E-state index contributed by atoms with van der Waals surface area (Å²) in [7, 11) is 2.18. The van der Waals surface area contributed by atoms with E-state index in [-0.39, 0.29) is 6.09 Å². The molecule has 25 heavy (non-hydrogen) atoms. The van der Waals surface area contributed by atoms with Gasteiger partial charge in [-0.05, 0) is 50.9 Å². The second-order valence-corrected chi connectivity index (χ2v) is 8.33. The van der Waals surface area contributed by atoms with Crippen LogP contribution in [0.4, 0.5) is 4.79 Å². The van der Waals surface area contributed by atoms with Crippen LogP contribution < -0.4 is 0 Å². The molecule has 1 saturated heterocycles. The van der Waals surface area contributed by atoms with Crippen LogP contribution in [-0.2, 0) is 24.2 Å². The molecule has 5 heteroatoms. The van der Waals surface area contributed by atoms with Gasteiger partial charge in [-0.25, -0.2) is 4.79 Å². The molecule has 2 heterocycles. The van der Waals surface area contributed by atoms with Gasteiger partial charge in [-0.2, -0.15) is 0 Å². The van der Waals surface area contributed by atoms with E-state index in [4.69, 9.17) is 4.74 Å². The van der Waals surface area contributed by atoms with Crippen molar-refractivity contribution >= 4 is 6.09 Å². The molecule has 0 radical (unpaired) electrons. The van der Waals surface area contributed by atoms with E-state index in [9.17, 15) is 4.79 Å². The minimum atomic E-state index is -0.444. The topological polar surface area (TPSA) is 36.0 Å². The van der Waals surface area contributed by atoms with E-state index in [0.29, 0.717) is 6.54 Å². The fourth-order valence-electron chi connectivity index (χ4n) is 3.46. The Morgan fingerprint density at radius 2 is 1.80 bits per heavy atom. The summed E-state index contributed by atoms with van der Waals surface area (Å²) in [6.45, 7) is 12.6. The van der Waals surface area contributed by atoms with Crippen molar-refractivity contribution in [1.82, 2.24) is 14.7 Å². The minimum absolute atomic E-state index is 0.206. The van der Waals surface area contributed by atoms with Gasteiger partial charge in [0.1, 0.15) is 5.60 Å². The number of amides is 1. The lowest BCUT2D eigenvalue weighted by Crippen LogP contribution is -2.44. The number of piperazine rings is 1. The molecule has 138 valence electrons. The van der Waals surface area contributed by atoms with E-state index in [1.807, 2.05) is 25.7 Å². The molecule has 3 rings (SSSR count). The average Bonchev–Trinajstić information content (AvgIpc) is 2.55. The van der Waals surface area contributed by atoms with Crippen LogP contribution in [0.15, 0.2) is 18.2 Å². The molecule has 0 aromatic heterocycles. The zero-order valence-electron chi connectivity index (χ0n) is 16.0. The van der Waals surface area contributed by atoms with E-state index in [0.717, 1.165) is 45.7 Å². The van der Waals surface area contributed by atoms with Crippen LogP contribution in [0.1, 0.15) is 37.5 Å². The molecule has 0 atom stereocenters. The number of ether oxygens (including phenoxy) is 1. The van der Waals surface area contributed by atoms with Crippen LogP contribution in [0.2, 0.25) is 0 Å². The van der Waals surface area contributed by atoms with E-state index < -0.39 is 5.60 Å². The number of rotatable bonds is 2. The molecule has 0 spiro atoms. The van der Waals surface area contributed by atoms with Crippen LogP contribution in [-0.4, -0.2) is 66.2 Å². The van der Waals surface area contributed by atoms with Gasteiger partial charge in [0.25, 0.3) is 0 Å². The first kappa shape index (κ1) is 18.2. The van der Waals surface area contributed by atoms with E-state index >= 15 is 0 Å². The number of likely N-dealkylation sites (N-methyl/N-ethyl adjacent to an activating group) is 1. The molecule has 0 aliphatic carbocycles. The number of nitrogens with zero attached hydrogens (tertiary/aromatic N) is 3. The largest absolute Gasteiger partial charge is 0.444 e. The highest BCUT2D eigenvalue weighted by atomic mass is 16.6.